The highest BCUT2D eigenvalue weighted by molar-refractivity contribution is 8.14. The lowest BCUT2D eigenvalue weighted by molar-refractivity contribution is -0.275. The summed E-state index contributed by atoms with van der Waals surface area (Å²) in [5, 5.41) is 8.86. The molecule has 0 aliphatic carbocycles. The number of ether oxygens (including phenoxy) is 2. The van der Waals surface area contributed by atoms with Crippen molar-refractivity contribution in [1.29, 1.82) is 0 Å². The summed E-state index contributed by atoms with van der Waals surface area (Å²) in [5.74, 6) is 0.180. The molecule has 0 radical (unpaired) electrons. The summed E-state index contributed by atoms with van der Waals surface area (Å²) < 4.78 is 83.8. The van der Waals surface area contributed by atoms with E-state index >= 15 is 0 Å². The zero-order valence-corrected chi connectivity index (χ0v) is 23.2. The van der Waals surface area contributed by atoms with Crippen molar-refractivity contribution in [2.45, 2.75) is 32.1 Å². The van der Waals surface area contributed by atoms with Gasteiger partial charge in [-0.05, 0) is 55.3 Å². The van der Waals surface area contributed by atoms with Gasteiger partial charge < -0.3 is 20.1 Å². The maximum Gasteiger partial charge on any atom is 0.573 e. The number of hydrogen-bond acceptors (Lipinski definition) is 6. The third kappa shape index (κ3) is 9.49. The quantitative estimate of drug-likeness (QED) is 0.123. The van der Waals surface area contributed by atoms with Crippen LogP contribution in [0.2, 0.25) is 0 Å². The Balaban J connectivity index is 1.42. The Hall–Kier alpha value is -4.53. The average molecular weight is 623 g/mol. The molecule has 1 fully saturated rings. The van der Waals surface area contributed by atoms with E-state index in [0.717, 1.165) is 24.3 Å². The van der Waals surface area contributed by atoms with E-state index < -0.39 is 12.7 Å². The van der Waals surface area contributed by atoms with Crippen molar-refractivity contribution in [3.05, 3.63) is 83.9 Å². The third-order valence-corrected chi connectivity index (χ3v) is 6.77. The van der Waals surface area contributed by atoms with Gasteiger partial charge in [0.15, 0.2) is 10.9 Å². The van der Waals surface area contributed by atoms with E-state index in [1.807, 2.05) is 6.92 Å². The number of nitrogens with two attached hydrogens (primary N) is 1. The van der Waals surface area contributed by atoms with Crippen LogP contribution < -0.4 is 20.1 Å². The van der Waals surface area contributed by atoms with E-state index in [1.165, 1.54) is 48.6 Å². The van der Waals surface area contributed by atoms with Gasteiger partial charge >= 0.3 is 12.7 Å². The molecular weight excluding hydrogens is 598 g/mol. The van der Waals surface area contributed by atoms with Gasteiger partial charge in [0, 0.05) is 17.4 Å². The van der Waals surface area contributed by atoms with Crippen LogP contribution in [0.5, 0.6) is 11.5 Å². The number of benzene rings is 3. The first-order valence-electron chi connectivity index (χ1n) is 12.6. The molecule has 15 heteroatoms. The highest BCUT2D eigenvalue weighted by atomic mass is 32.2. The van der Waals surface area contributed by atoms with Gasteiger partial charge in [0.1, 0.15) is 17.9 Å². The van der Waals surface area contributed by atoms with Crippen LogP contribution in [0.25, 0.3) is 0 Å². The van der Waals surface area contributed by atoms with E-state index in [1.54, 1.807) is 41.3 Å². The van der Waals surface area contributed by atoms with Crippen LogP contribution in [0.4, 0.5) is 37.7 Å². The summed E-state index contributed by atoms with van der Waals surface area (Å²) in [6, 6.07) is 17.5. The normalized spacial score (nSPS) is 17.7. The molecule has 8 nitrogen and oxygen atoms in total. The molecule has 4 rings (SSSR count). The van der Waals surface area contributed by atoms with Crippen molar-refractivity contribution in [1.82, 2.24) is 0 Å². The predicted octanol–water partition coefficient (Wildman–Crippen LogP) is 7.27. The lowest BCUT2D eigenvalue weighted by Gasteiger charge is -2.35. The molecule has 226 valence electrons. The zero-order chi connectivity index (χ0) is 31.0. The second-order valence-corrected chi connectivity index (χ2v) is 9.98. The second-order valence-electron chi connectivity index (χ2n) is 8.92. The lowest BCUT2D eigenvalue weighted by Crippen LogP contribution is -2.41. The monoisotopic (exact) mass is 622 g/mol. The van der Waals surface area contributed by atoms with Crippen LogP contribution in [-0.4, -0.2) is 48.1 Å². The van der Waals surface area contributed by atoms with Gasteiger partial charge in [-0.2, -0.15) is 5.10 Å². The van der Waals surface area contributed by atoms with Gasteiger partial charge in [-0.15, -0.1) is 31.4 Å². The molecule has 1 unspecified atom stereocenters. The fourth-order valence-corrected chi connectivity index (χ4v) is 5.01. The molecule has 0 bridgehead atoms. The van der Waals surface area contributed by atoms with Crippen molar-refractivity contribution in [2.24, 2.45) is 25.9 Å². The van der Waals surface area contributed by atoms with Crippen molar-refractivity contribution in [3.63, 3.8) is 0 Å². The summed E-state index contributed by atoms with van der Waals surface area (Å²) in [4.78, 5) is 9.76. The van der Waals surface area contributed by atoms with Crippen molar-refractivity contribution >= 4 is 46.7 Å². The van der Waals surface area contributed by atoms with Gasteiger partial charge in [-0.1, -0.05) is 48.2 Å². The Labute approximate surface area is 246 Å². The van der Waals surface area contributed by atoms with Gasteiger partial charge in [-0.3, -0.25) is 0 Å². The van der Waals surface area contributed by atoms with Gasteiger partial charge in [0.2, 0.25) is 0 Å². The van der Waals surface area contributed by atoms with E-state index in [2.05, 4.69) is 29.7 Å². The van der Waals surface area contributed by atoms with Gasteiger partial charge in [0.05, 0.1) is 17.6 Å². The largest absolute Gasteiger partial charge is 0.573 e. The lowest BCUT2D eigenvalue weighted by atomic mass is 10.1. The van der Waals surface area contributed by atoms with E-state index in [4.69, 9.17) is 5.73 Å². The molecule has 1 aliphatic rings. The van der Waals surface area contributed by atoms with Crippen LogP contribution in [-0.2, 0) is 0 Å². The molecule has 0 aromatic heterocycles. The standard InChI is InChI=1S/C28H24F6N6O2S/c1-18-14-15-43-26(40(18)23-4-2-3-5-24(23)42-28(32,33)34)39-38-16-19-6-8-20(9-7-19)25(35)37-17-36-21-10-12-22(13-11-21)41-27(29,30)31/h2-13,16-18H,14-15H2,1H3,(H2,35,36,37)/b38-16-,39-26+. The first-order valence-corrected chi connectivity index (χ1v) is 13.6. The van der Waals surface area contributed by atoms with Crippen molar-refractivity contribution < 1.29 is 35.8 Å². The number of rotatable bonds is 8. The summed E-state index contributed by atoms with van der Waals surface area (Å²) in [7, 11) is 0. The fourth-order valence-electron chi connectivity index (χ4n) is 3.84. The van der Waals surface area contributed by atoms with E-state index in [0.29, 0.717) is 22.0 Å². The Morgan fingerprint density at radius 2 is 1.60 bits per heavy atom. The molecular formula is C28H24F6N6O2S. The molecule has 43 heavy (non-hydrogen) atoms. The Morgan fingerprint density at radius 1 is 0.930 bits per heavy atom. The number of halogens is 6. The van der Waals surface area contributed by atoms with Crippen LogP contribution in [0.1, 0.15) is 24.5 Å². The topological polar surface area (TPSA) is 97.2 Å². The molecule has 1 heterocycles. The number of para-hydroxylation sites is 2. The van der Waals surface area contributed by atoms with E-state index in [9.17, 15) is 26.3 Å². The number of nitrogens with zero attached hydrogens (tertiary/aromatic N) is 5. The number of aliphatic imine (C=N–C) groups is 2. The minimum Gasteiger partial charge on any atom is -0.406 e. The fraction of sp³-hybridized carbons (Fsp3) is 0.214. The Bertz CT molecular complexity index is 1510. The predicted molar refractivity (Wildman–Crippen MR) is 156 cm³/mol. The van der Waals surface area contributed by atoms with Gasteiger partial charge in [0.25, 0.3) is 0 Å². The first kappa shape index (κ1) is 31.4. The summed E-state index contributed by atoms with van der Waals surface area (Å²) in [5.41, 5.74) is 7.84. The van der Waals surface area contributed by atoms with Crippen molar-refractivity contribution in [3.8, 4) is 11.5 Å². The molecule has 0 amide bonds. The average Bonchev–Trinajstić information content (AvgIpc) is 2.93. The van der Waals surface area contributed by atoms with Crippen LogP contribution in [0, 0.1) is 0 Å². The molecule has 1 atom stereocenters. The summed E-state index contributed by atoms with van der Waals surface area (Å²) in [6.45, 7) is 1.89. The summed E-state index contributed by atoms with van der Waals surface area (Å²) >= 11 is 1.38. The van der Waals surface area contributed by atoms with Crippen molar-refractivity contribution in [2.75, 3.05) is 10.7 Å². The Morgan fingerprint density at radius 3 is 2.28 bits per heavy atom. The third-order valence-electron chi connectivity index (χ3n) is 5.79. The number of anilines is 1. The molecule has 1 aliphatic heterocycles. The molecule has 1 saturated heterocycles. The zero-order valence-electron chi connectivity index (χ0n) is 22.4. The van der Waals surface area contributed by atoms with Gasteiger partial charge in [-0.25, -0.2) is 9.98 Å². The van der Waals surface area contributed by atoms with Crippen LogP contribution >= 0.6 is 11.8 Å². The maximum absolute atomic E-state index is 13.0. The van der Waals surface area contributed by atoms with E-state index in [-0.39, 0.29) is 29.1 Å². The first-order chi connectivity index (χ1) is 20.4. The molecule has 3 aromatic rings. The minimum atomic E-state index is -4.84. The molecule has 3 aromatic carbocycles. The number of hydrogen-bond donors (Lipinski definition) is 1. The van der Waals surface area contributed by atoms with Crippen LogP contribution in [0.15, 0.2) is 93.0 Å². The van der Waals surface area contributed by atoms with Crippen LogP contribution in [0.3, 0.4) is 0 Å². The smallest absolute Gasteiger partial charge is 0.406 e. The molecule has 0 spiro atoms. The number of thioether (sulfide) groups is 1. The molecule has 2 N–H and O–H groups in total. The highest BCUT2D eigenvalue weighted by Crippen LogP contribution is 2.38. The number of amidine groups is 2. The second kappa shape index (κ2) is 13.6. The summed E-state index contributed by atoms with van der Waals surface area (Å²) in [6.07, 6.45) is -6.22. The SMILES string of the molecule is CC1CCS/C(=N/N=C\c2ccc(C(N)=NC=Nc3ccc(OC(F)(F)F)cc3)cc2)N1c1ccccc1OC(F)(F)F. The highest BCUT2D eigenvalue weighted by Gasteiger charge is 2.35. The Kier molecular flexibility index (Phi) is 9.95. The maximum atomic E-state index is 13.0. The minimum absolute atomic E-state index is 0.138. The molecule has 0 saturated carbocycles. The number of alkyl halides is 6.